The van der Waals surface area contributed by atoms with Gasteiger partial charge in [0.2, 0.25) is 0 Å². The van der Waals surface area contributed by atoms with Crippen LogP contribution < -0.4 is 0 Å². The largest absolute Gasteiger partial charge is 0.469 e. The summed E-state index contributed by atoms with van der Waals surface area (Å²) in [4.78, 5) is 11.3. The molecule has 1 unspecified atom stereocenters. The minimum Gasteiger partial charge on any atom is -0.469 e. The van der Waals surface area contributed by atoms with Crippen molar-refractivity contribution in [3.8, 4) is 0 Å². The number of hydrogen-bond donors (Lipinski definition) is 1. The Morgan fingerprint density at radius 1 is 1.22 bits per heavy atom. The summed E-state index contributed by atoms with van der Waals surface area (Å²) in [5.41, 5.74) is 2.67. The molecule has 0 aromatic rings. The first-order chi connectivity index (χ1) is 8.51. The molecule has 18 heavy (non-hydrogen) atoms. The molecule has 1 N–H and O–H groups in total. The molecule has 3 nitrogen and oxygen atoms in total. The Hall–Kier alpha value is -1.09. The van der Waals surface area contributed by atoms with Crippen LogP contribution in [-0.4, -0.2) is 24.8 Å². The summed E-state index contributed by atoms with van der Waals surface area (Å²) in [5.74, 6) is -0.718. The molecule has 0 aliphatic rings. The number of carbonyl (C=O) groups is 1. The van der Waals surface area contributed by atoms with Crippen LogP contribution in [0.1, 0.15) is 46.5 Å². The van der Waals surface area contributed by atoms with Crippen molar-refractivity contribution in [1.82, 2.24) is 0 Å². The molecule has 0 bridgehead atoms. The smallest absolute Gasteiger partial charge is 0.311 e. The third kappa shape index (κ3) is 8.07. The van der Waals surface area contributed by atoms with Gasteiger partial charge >= 0.3 is 5.97 Å². The Morgan fingerprint density at radius 2 is 1.89 bits per heavy atom. The van der Waals surface area contributed by atoms with Crippen molar-refractivity contribution in [2.24, 2.45) is 5.92 Å². The van der Waals surface area contributed by atoms with E-state index in [0.29, 0.717) is 6.42 Å². The highest BCUT2D eigenvalue weighted by Crippen LogP contribution is 2.12. The average molecular weight is 254 g/mol. The van der Waals surface area contributed by atoms with Gasteiger partial charge in [0.25, 0.3) is 0 Å². The molecular weight excluding hydrogens is 228 g/mol. The lowest BCUT2D eigenvalue weighted by molar-refractivity contribution is -0.147. The molecule has 0 rings (SSSR count). The van der Waals surface area contributed by atoms with Gasteiger partial charge in [-0.15, -0.1) is 0 Å². The van der Waals surface area contributed by atoms with Crippen molar-refractivity contribution in [2.45, 2.75) is 46.5 Å². The van der Waals surface area contributed by atoms with Crippen molar-refractivity contribution in [3.05, 3.63) is 23.3 Å². The Labute approximate surface area is 111 Å². The average Bonchev–Trinajstić information content (AvgIpc) is 2.33. The minimum absolute atomic E-state index is 0.142. The fraction of sp³-hybridized carbons (Fsp3) is 0.667. The van der Waals surface area contributed by atoms with Gasteiger partial charge in [0.05, 0.1) is 19.6 Å². The Balaban J connectivity index is 3.98. The van der Waals surface area contributed by atoms with Crippen LogP contribution in [-0.2, 0) is 9.53 Å². The zero-order chi connectivity index (χ0) is 14.0. The highest BCUT2D eigenvalue weighted by Gasteiger charge is 2.16. The van der Waals surface area contributed by atoms with Crippen LogP contribution in [0.4, 0.5) is 0 Å². The van der Waals surface area contributed by atoms with Gasteiger partial charge in [0, 0.05) is 0 Å². The molecule has 0 aromatic carbocycles. The van der Waals surface area contributed by atoms with Gasteiger partial charge < -0.3 is 9.84 Å². The Bertz CT molecular complexity index is 299. The third-order valence-corrected chi connectivity index (χ3v) is 2.85. The van der Waals surface area contributed by atoms with Crippen LogP contribution in [0.5, 0.6) is 0 Å². The van der Waals surface area contributed by atoms with Crippen LogP contribution in [0.2, 0.25) is 0 Å². The fourth-order valence-corrected chi connectivity index (χ4v) is 1.67. The van der Waals surface area contributed by atoms with Gasteiger partial charge in [-0.2, -0.15) is 0 Å². The molecule has 0 saturated carbocycles. The molecule has 3 heteroatoms. The van der Waals surface area contributed by atoms with Crippen molar-refractivity contribution in [3.63, 3.8) is 0 Å². The molecule has 0 aromatic heterocycles. The summed E-state index contributed by atoms with van der Waals surface area (Å²) in [6.45, 7) is 6.16. The molecule has 104 valence electrons. The monoisotopic (exact) mass is 254 g/mol. The highest BCUT2D eigenvalue weighted by atomic mass is 16.5. The normalized spacial score (nSPS) is 13.1. The molecule has 0 fully saturated rings. The quantitative estimate of drug-likeness (QED) is 0.534. The number of allylic oxidation sites excluding steroid dienone is 4. The van der Waals surface area contributed by atoms with Gasteiger partial charge in [-0.05, 0) is 46.5 Å². The standard InChI is InChI=1S/C15H26O3/c1-12(2)7-5-8-13(3)9-6-10-14(11-16)15(17)18-4/h7,9,14,16H,5-6,8,10-11H2,1-4H3/b13-9+. The second kappa shape index (κ2) is 9.89. The van der Waals surface area contributed by atoms with Gasteiger partial charge in [-0.3, -0.25) is 4.79 Å². The number of methoxy groups -OCH3 is 1. The highest BCUT2D eigenvalue weighted by molar-refractivity contribution is 5.72. The van der Waals surface area contributed by atoms with Crippen molar-refractivity contribution in [1.29, 1.82) is 0 Å². The van der Waals surface area contributed by atoms with Gasteiger partial charge in [-0.25, -0.2) is 0 Å². The zero-order valence-corrected chi connectivity index (χ0v) is 12.0. The van der Waals surface area contributed by atoms with Crippen LogP contribution in [0.25, 0.3) is 0 Å². The Morgan fingerprint density at radius 3 is 2.39 bits per heavy atom. The molecular formula is C15H26O3. The second-order valence-electron chi connectivity index (χ2n) is 4.85. The summed E-state index contributed by atoms with van der Waals surface area (Å²) >= 11 is 0. The number of ether oxygens (including phenoxy) is 1. The summed E-state index contributed by atoms with van der Waals surface area (Å²) < 4.78 is 4.62. The predicted octanol–water partition coefficient (Wildman–Crippen LogP) is 3.24. The van der Waals surface area contributed by atoms with E-state index >= 15 is 0 Å². The lowest BCUT2D eigenvalue weighted by Gasteiger charge is -2.10. The van der Waals surface area contributed by atoms with Crippen LogP contribution in [0, 0.1) is 5.92 Å². The second-order valence-corrected chi connectivity index (χ2v) is 4.85. The van der Waals surface area contributed by atoms with E-state index in [-0.39, 0.29) is 12.6 Å². The first-order valence-electron chi connectivity index (χ1n) is 6.49. The molecule has 0 spiro atoms. The Kier molecular flexibility index (Phi) is 9.29. The van der Waals surface area contributed by atoms with Gasteiger partial charge in [0.15, 0.2) is 0 Å². The van der Waals surface area contributed by atoms with Gasteiger partial charge in [-0.1, -0.05) is 23.3 Å². The summed E-state index contributed by atoms with van der Waals surface area (Å²) in [6.07, 6.45) is 7.93. The first-order valence-corrected chi connectivity index (χ1v) is 6.49. The number of hydrogen-bond acceptors (Lipinski definition) is 3. The zero-order valence-electron chi connectivity index (χ0n) is 12.0. The fourth-order valence-electron chi connectivity index (χ4n) is 1.67. The topological polar surface area (TPSA) is 46.5 Å². The maximum absolute atomic E-state index is 11.3. The molecule has 0 amide bonds. The first kappa shape index (κ1) is 16.9. The van der Waals surface area contributed by atoms with Crippen LogP contribution in [0.15, 0.2) is 23.3 Å². The number of aliphatic hydroxyl groups excluding tert-OH is 1. The van der Waals surface area contributed by atoms with E-state index in [9.17, 15) is 4.79 Å². The molecule has 0 heterocycles. The lowest BCUT2D eigenvalue weighted by Crippen LogP contribution is -2.19. The summed E-state index contributed by atoms with van der Waals surface area (Å²) in [7, 11) is 1.35. The summed E-state index contributed by atoms with van der Waals surface area (Å²) in [6, 6.07) is 0. The number of esters is 1. The van der Waals surface area contributed by atoms with E-state index in [2.05, 4.69) is 37.7 Å². The molecule has 0 aliphatic carbocycles. The molecule has 0 aliphatic heterocycles. The van der Waals surface area contributed by atoms with Gasteiger partial charge in [0.1, 0.15) is 0 Å². The number of rotatable bonds is 8. The predicted molar refractivity (Wildman–Crippen MR) is 74.2 cm³/mol. The summed E-state index contributed by atoms with van der Waals surface area (Å²) in [5, 5.41) is 9.07. The maximum atomic E-state index is 11.3. The lowest BCUT2D eigenvalue weighted by atomic mass is 10.0. The van der Waals surface area contributed by atoms with Crippen LogP contribution >= 0.6 is 0 Å². The van der Waals surface area contributed by atoms with E-state index in [0.717, 1.165) is 19.3 Å². The SMILES string of the molecule is COC(=O)C(CO)CC/C=C(\C)CCC=C(C)C. The van der Waals surface area contributed by atoms with Crippen molar-refractivity contribution < 1.29 is 14.6 Å². The van der Waals surface area contributed by atoms with Crippen molar-refractivity contribution in [2.75, 3.05) is 13.7 Å². The van der Waals surface area contributed by atoms with Crippen molar-refractivity contribution >= 4 is 5.97 Å². The third-order valence-electron chi connectivity index (χ3n) is 2.85. The van der Waals surface area contributed by atoms with E-state index in [1.54, 1.807) is 0 Å². The van der Waals surface area contributed by atoms with Crippen LogP contribution in [0.3, 0.4) is 0 Å². The van der Waals surface area contributed by atoms with E-state index in [4.69, 9.17) is 5.11 Å². The molecule has 0 radical (unpaired) electrons. The van der Waals surface area contributed by atoms with E-state index in [1.807, 2.05) is 0 Å². The molecule has 1 atom stereocenters. The van der Waals surface area contributed by atoms with E-state index < -0.39 is 5.92 Å². The minimum atomic E-state index is -0.392. The maximum Gasteiger partial charge on any atom is 0.311 e. The number of aliphatic hydroxyl groups is 1. The van der Waals surface area contributed by atoms with E-state index in [1.165, 1.54) is 18.3 Å². The molecule has 0 saturated heterocycles. The number of carbonyl (C=O) groups excluding carboxylic acids is 1.